The molecule has 0 saturated carbocycles. The maximum absolute atomic E-state index is 6.25. The van der Waals surface area contributed by atoms with Crippen LogP contribution >= 0.6 is 12.2 Å². The van der Waals surface area contributed by atoms with E-state index in [1.165, 1.54) is 4.68 Å². The quantitative estimate of drug-likeness (QED) is 0.507. The molecular weight excluding hydrogens is 414 g/mol. The van der Waals surface area contributed by atoms with Gasteiger partial charge in [-0.05, 0) is 42.1 Å². The molecule has 2 aromatic rings. The van der Waals surface area contributed by atoms with E-state index in [-0.39, 0.29) is 16.8 Å². The number of aromatic nitrogens is 3. The van der Waals surface area contributed by atoms with Gasteiger partial charge in [0.15, 0.2) is 10.9 Å². The fourth-order valence-corrected chi connectivity index (χ4v) is 3.22. The molecule has 1 aromatic carbocycles. The van der Waals surface area contributed by atoms with Crippen LogP contribution in [0.15, 0.2) is 12.1 Å². The van der Waals surface area contributed by atoms with Crippen molar-refractivity contribution >= 4 is 23.3 Å². The molecule has 0 aliphatic heterocycles. The van der Waals surface area contributed by atoms with Crippen molar-refractivity contribution in [2.75, 3.05) is 26.5 Å². The second kappa shape index (κ2) is 9.50. The molecule has 0 bridgehead atoms. The predicted octanol–water partition coefficient (Wildman–Crippen LogP) is 3.82. The van der Waals surface area contributed by atoms with Gasteiger partial charge in [0.25, 0.3) is 0 Å². The summed E-state index contributed by atoms with van der Waals surface area (Å²) in [6, 6.07) is 4.07. The first-order valence-electron chi connectivity index (χ1n) is 10.3. The Balaban J connectivity index is 2.76. The summed E-state index contributed by atoms with van der Waals surface area (Å²) < 4.78 is 18.6. The number of anilines is 1. The van der Waals surface area contributed by atoms with E-state index in [1.54, 1.807) is 14.2 Å². The molecule has 0 aliphatic rings. The summed E-state index contributed by atoms with van der Waals surface area (Å²) in [5.41, 5.74) is 8.40. The van der Waals surface area contributed by atoms with Crippen molar-refractivity contribution in [2.24, 2.45) is 0 Å². The molecule has 1 heterocycles. The van der Waals surface area contributed by atoms with Gasteiger partial charge in [-0.25, -0.2) is 0 Å². The van der Waals surface area contributed by atoms with Gasteiger partial charge in [0.1, 0.15) is 5.75 Å². The molecule has 8 nitrogen and oxygen atoms in total. The number of benzene rings is 1. The lowest BCUT2D eigenvalue weighted by Crippen LogP contribution is -2.27. The van der Waals surface area contributed by atoms with Gasteiger partial charge in [0, 0.05) is 30.8 Å². The normalized spacial score (nSPS) is 13.2. The maximum Gasteiger partial charge on any atom is 0.315 e. The highest BCUT2D eigenvalue weighted by Gasteiger charge is 2.30. The Morgan fingerprint density at radius 2 is 1.71 bits per heavy atom. The van der Waals surface area contributed by atoms with E-state index in [1.807, 2.05) is 19.1 Å². The molecule has 0 aliphatic carbocycles. The third-order valence-electron chi connectivity index (χ3n) is 4.71. The Morgan fingerprint density at radius 3 is 2.13 bits per heavy atom. The Kier molecular flexibility index (Phi) is 7.67. The largest absolute Gasteiger partial charge is 0.441 e. The van der Waals surface area contributed by atoms with Gasteiger partial charge < -0.3 is 25.3 Å². The zero-order valence-corrected chi connectivity index (χ0v) is 20.8. The Morgan fingerprint density at radius 1 is 1.16 bits per heavy atom. The maximum atomic E-state index is 6.25. The minimum Gasteiger partial charge on any atom is -0.441 e. The first kappa shape index (κ1) is 25.0. The van der Waals surface area contributed by atoms with Crippen molar-refractivity contribution in [1.29, 1.82) is 0 Å². The van der Waals surface area contributed by atoms with Crippen molar-refractivity contribution in [1.82, 2.24) is 20.1 Å². The number of nitrogen functional groups attached to an aromatic ring is 1. The highest BCUT2D eigenvalue weighted by molar-refractivity contribution is 7.80. The highest BCUT2D eigenvalue weighted by atomic mass is 32.1. The molecule has 2 rings (SSSR count). The Hall–Kier alpha value is -2.23. The average Bonchev–Trinajstić information content (AvgIpc) is 3.06. The van der Waals surface area contributed by atoms with Crippen LogP contribution < -0.4 is 15.8 Å². The number of rotatable bonds is 6. The number of nitrogens with two attached hydrogens (primary N) is 1. The molecule has 0 amide bonds. The van der Waals surface area contributed by atoms with E-state index in [2.05, 4.69) is 56.9 Å². The Labute approximate surface area is 190 Å². The molecule has 3 N–H and O–H groups in total. The second-order valence-electron chi connectivity index (χ2n) is 9.26. The average molecular weight is 450 g/mol. The number of nitrogens with one attached hydrogen (secondary N) is 1. The van der Waals surface area contributed by atoms with Gasteiger partial charge >= 0.3 is 6.48 Å². The third-order valence-corrected chi connectivity index (χ3v) is 5.09. The number of hydrogen-bond acceptors (Lipinski definition) is 7. The summed E-state index contributed by atoms with van der Waals surface area (Å²) in [6.45, 7) is 14.3. The van der Waals surface area contributed by atoms with E-state index in [9.17, 15) is 0 Å². The van der Waals surface area contributed by atoms with Crippen LogP contribution in [0.5, 0.6) is 5.75 Å². The summed E-state index contributed by atoms with van der Waals surface area (Å²) in [6.07, 6.45) is 0. The van der Waals surface area contributed by atoms with Crippen LogP contribution in [0.3, 0.4) is 0 Å². The number of methoxy groups -OCH3 is 1. The van der Waals surface area contributed by atoms with Crippen LogP contribution in [-0.4, -0.2) is 47.1 Å². The smallest absolute Gasteiger partial charge is 0.315 e. The van der Waals surface area contributed by atoms with E-state index in [0.29, 0.717) is 17.5 Å². The molecule has 31 heavy (non-hydrogen) atoms. The zero-order valence-electron chi connectivity index (χ0n) is 20.0. The van der Waals surface area contributed by atoms with Gasteiger partial charge in [-0.15, -0.1) is 5.10 Å². The molecule has 0 spiro atoms. The molecule has 1 unspecified atom stereocenters. The van der Waals surface area contributed by atoms with Crippen LogP contribution in [-0.2, 0) is 20.3 Å². The fraction of sp³-hybridized carbons (Fsp3) is 0.591. The second-order valence-corrected chi connectivity index (χ2v) is 9.65. The standard InChI is InChI=1S/C22H35N5O3S/c1-10-29-20(28-9)30-16-14(21(2,3)4)11-13(12-15(16)22(5,6)7)17-25-18(23)27(26-17)19(31)24-8/h11-12,20H,10H2,1-9H3,(H,24,31)(H2,23,25,26). The molecule has 1 atom stereocenters. The summed E-state index contributed by atoms with van der Waals surface area (Å²) in [5.74, 6) is 1.45. The predicted molar refractivity (Wildman–Crippen MR) is 127 cm³/mol. The molecule has 0 saturated heterocycles. The van der Waals surface area contributed by atoms with Crippen LogP contribution in [0.1, 0.15) is 59.6 Å². The van der Waals surface area contributed by atoms with Crippen LogP contribution in [0.25, 0.3) is 11.4 Å². The first-order valence-corrected chi connectivity index (χ1v) is 10.7. The molecule has 0 radical (unpaired) electrons. The van der Waals surface area contributed by atoms with Gasteiger partial charge in [-0.3, -0.25) is 0 Å². The summed E-state index contributed by atoms with van der Waals surface area (Å²) in [4.78, 5) is 4.44. The molecule has 0 fully saturated rings. The van der Waals surface area contributed by atoms with E-state index < -0.39 is 6.48 Å². The number of thiocarbonyl (C=S) groups is 1. The molecule has 9 heteroatoms. The van der Waals surface area contributed by atoms with Crippen LogP contribution in [0.4, 0.5) is 5.95 Å². The van der Waals surface area contributed by atoms with Crippen molar-refractivity contribution < 1.29 is 14.2 Å². The lowest BCUT2D eigenvalue weighted by molar-refractivity contribution is -0.231. The van der Waals surface area contributed by atoms with Crippen molar-refractivity contribution in [3.05, 3.63) is 23.3 Å². The van der Waals surface area contributed by atoms with Crippen LogP contribution in [0.2, 0.25) is 0 Å². The number of ether oxygens (including phenoxy) is 3. The zero-order chi connectivity index (χ0) is 23.6. The third kappa shape index (κ3) is 5.72. The molecule has 172 valence electrons. The van der Waals surface area contributed by atoms with Gasteiger partial charge in [0.2, 0.25) is 5.95 Å². The molecular formula is C22H35N5O3S. The van der Waals surface area contributed by atoms with Gasteiger partial charge in [-0.1, -0.05) is 41.5 Å². The van der Waals surface area contributed by atoms with Gasteiger partial charge in [0.05, 0.1) is 6.61 Å². The van der Waals surface area contributed by atoms with Crippen molar-refractivity contribution in [3.8, 4) is 17.1 Å². The lowest BCUT2D eigenvalue weighted by Gasteiger charge is -2.31. The minimum absolute atomic E-state index is 0.222. The topological polar surface area (TPSA) is 96.5 Å². The highest BCUT2D eigenvalue weighted by Crippen LogP contribution is 2.43. The Bertz CT molecular complexity index is 893. The fourth-order valence-electron chi connectivity index (χ4n) is 3.08. The van der Waals surface area contributed by atoms with Crippen LogP contribution in [0, 0.1) is 0 Å². The summed E-state index contributed by atoms with van der Waals surface area (Å²) in [7, 11) is 3.28. The monoisotopic (exact) mass is 449 g/mol. The minimum atomic E-state index is -0.806. The molecule has 1 aromatic heterocycles. The van der Waals surface area contributed by atoms with Crippen molar-refractivity contribution in [3.63, 3.8) is 0 Å². The SMILES string of the molecule is CCOC(OC)Oc1c(C(C)(C)C)cc(-c2nc(N)n(C(=S)NC)n2)cc1C(C)(C)C. The summed E-state index contributed by atoms with van der Waals surface area (Å²) >= 11 is 5.27. The lowest BCUT2D eigenvalue weighted by atomic mass is 9.78. The van der Waals surface area contributed by atoms with E-state index >= 15 is 0 Å². The summed E-state index contributed by atoms with van der Waals surface area (Å²) in [5, 5.41) is 7.77. The van der Waals surface area contributed by atoms with Gasteiger partial charge in [-0.2, -0.15) is 9.67 Å². The van der Waals surface area contributed by atoms with E-state index in [4.69, 9.17) is 32.2 Å². The first-order chi connectivity index (χ1) is 14.3. The number of hydrogen-bond donors (Lipinski definition) is 2. The van der Waals surface area contributed by atoms with Crippen molar-refractivity contribution in [2.45, 2.75) is 65.8 Å². The van der Waals surface area contributed by atoms with E-state index in [0.717, 1.165) is 22.4 Å². The number of nitrogens with zero attached hydrogens (tertiary/aromatic N) is 3.